The lowest BCUT2D eigenvalue weighted by Crippen LogP contribution is -2.40. The smallest absolute Gasteiger partial charge is 0.303 e. The number of hydrogen-bond acceptors (Lipinski definition) is 3. The summed E-state index contributed by atoms with van der Waals surface area (Å²) in [6.45, 7) is 0.976. The Hall–Kier alpha value is -1.29. The van der Waals surface area contributed by atoms with Gasteiger partial charge in [0.25, 0.3) is 0 Å². The predicted octanol–water partition coefficient (Wildman–Crippen LogP) is 5.87. The van der Waals surface area contributed by atoms with E-state index in [-0.39, 0.29) is 17.9 Å². The molecule has 5 aliphatic rings. The highest BCUT2D eigenvalue weighted by atomic mass is 16.4. The van der Waals surface area contributed by atoms with E-state index in [0.29, 0.717) is 17.8 Å². The molecule has 3 fully saturated rings. The van der Waals surface area contributed by atoms with Crippen LogP contribution in [0.2, 0.25) is 0 Å². The summed E-state index contributed by atoms with van der Waals surface area (Å²) in [5.74, 6) is 1.21. The first kappa shape index (κ1) is 21.6. The van der Waals surface area contributed by atoms with Crippen molar-refractivity contribution in [2.45, 2.75) is 102 Å². The van der Waals surface area contributed by atoms with Crippen LogP contribution in [-0.2, 0) is 4.79 Å². The second-order valence-electron chi connectivity index (χ2n) is 11.2. The largest absolute Gasteiger partial charge is 0.481 e. The van der Waals surface area contributed by atoms with Crippen molar-refractivity contribution < 1.29 is 15.0 Å². The fourth-order valence-corrected chi connectivity index (χ4v) is 7.59. The minimum atomic E-state index is -0.680. The summed E-state index contributed by atoms with van der Waals surface area (Å²) < 4.78 is 0. The van der Waals surface area contributed by atoms with Gasteiger partial charge >= 0.3 is 5.97 Å². The molecule has 1 heterocycles. The molecule has 4 nitrogen and oxygen atoms in total. The van der Waals surface area contributed by atoms with E-state index in [0.717, 1.165) is 31.7 Å². The van der Waals surface area contributed by atoms with Crippen LogP contribution in [0, 0.1) is 29.1 Å². The van der Waals surface area contributed by atoms with Gasteiger partial charge < -0.3 is 15.1 Å². The van der Waals surface area contributed by atoms with Gasteiger partial charge in [-0.25, -0.2) is 0 Å². The number of hydrogen-bond donors (Lipinski definition) is 2. The van der Waals surface area contributed by atoms with Crippen molar-refractivity contribution in [1.29, 1.82) is 0 Å². The van der Waals surface area contributed by atoms with Crippen LogP contribution in [0.4, 0.5) is 0 Å². The molecule has 1 aliphatic heterocycles. The first-order valence-corrected chi connectivity index (χ1v) is 13.1. The van der Waals surface area contributed by atoms with Crippen LogP contribution < -0.4 is 0 Å². The van der Waals surface area contributed by atoms with Crippen molar-refractivity contribution >= 4 is 5.97 Å². The second-order valence-corrected chi connectivity index (χ2v) is 11.2. The number of carboxylic acid groups (broad SMARTS) is 1. The average Bonchev–Trinajstić information content (AvgIpc) is 3.54. The summed E-state index contributed by atoms with van der Waals surface area (Å²) in [6.07, 6.45) is 21.8. The van der Waals surface area contributed by atoms with E-state index in [1.807, 2.05) is 0 Å². The highest BCUT2D eigenvalue weighted by molar-refractivity contribution is 5.66. The first-order chi connectivity index (χ1) is 15.1. The number of nitrogens with zero attached hydrogens (tertiary/aromatic N) is 1. The Balaban J connectivity index is 1.38. The van der Waals surface area contributed by atoms with Gasteiger partial charge in [0.1, 0.15) is 0 Å². The second kappa shape index (κ2) is 8.92. The highest BCUT2D eigenvalue weighted by Gasteiger charge is 2.59. The molecule has 2 N–H and O–H groups in total. The minimum Gasteiger partial charge on any atom is -0.481 e. The molecule has 5 rings (SSSR count). The Morgan fingerprint density at radius 2 is 1.94 bits per heavy atom. The standard InChI is InChI=1S/C27H41NO3/c29-25(30)14-12-19-11-13-24-22(17-19)23(18-28(24)21-9-5-2-6-10-21)26(31)27(15-16-27)20-7-3-1-4-8-20/h9,13,19-20,22-23,26,31H,1-8,10-12,14-18H2,(H,29,30)/t19-,22?,23?,26?/m1/s1. The Kier molecular flexibility index (Phi) is 6.20. The molecule has 3 unspecified atom stereocenters. The van der Waals surface area contributed by atoms with Crippen LogP contribution in [0.15, 0.2) is 23.5 Å². The molecule has 0 spiro atoms. The summed E-state index contributed by atoms with van der Waals surface area (Å²) in [4.78, 5) is 13.7. The van der Waals surface area contributed by atoms with Crippen LogP contribution >= 0.6 is 0 Å². The topological polar surface area (TPSA) is 60.8 Å². The maximum atomic E-state index is 11.9. The lowest BCUT2D eigenvalue weighted by Gasteiger charge is -2.39. The molecule has 0 radical (unpaired) electrons. The van der Waals surface area contributed by atoms with Gasteiger partial charge in [0.05, 0.1) is 6.10 Å². The van der Waals surface area contributed by atoms with Crippen LogP contribution in [0.3, 0.4) is 0 Å². The van der Waals surface area contributed by atoms with Crippen molar-refractivity contribution in [3.8, 4) is 0 Å². The third-order valence-corrected chi connectivity index (χ3v) is 9.47. The summed E-state index contributed by atoms with van der Waals surface area (Å²) >= 11 is 0. The van der Waals surface area contributed by atoms with Gasteiger partial charge in [0.15, 0.2) is 0 Å². The Bertz CT molecular complexity index is 731. The van der Waals surface area contributed by atoms with Gasteiger partial charge in [-0.2, -0.15) is 0 Å². The lowest BCUT2D eigenvalue weighted by atomic mass is 9.68. The molecule has 2 saturated carbocycles. The number of carbonyl (C=O) groups is 1. The van der Waals surface area contributed by atoms with Crippen LogP contribution in [-0.4, -0.2) is 33.7 Å². The molecule has 4 heteroatoms. The molecule has 31 heavy (non-hydrogen) atoms. The number of rotatable bonds is 7. The van der Waals surface area contributed by atoms with Gasteiger partial charge in [-0.3, -0.25) is 4.79 Å². The molecule has 0 aromatic heterocycles. The number of fused-ring (bicyclic) bond motifs is 1. The van der Waals surface area contributed by atoms with Gasteiger partial charge in [-0.05, 0) is 87.9 Å². The van der Waals surface area contributed by atoms with E-state index < -0.39 is 5.97 Å². The fraction of sp³-hybridized carbons (Fsp3) is 0.815. The molecule has 0 aromatic carbocycles. The zero-order chi connectivity index (χ0) is 21.4. The van der Waals surface area contributed by atoms with Gasteiger partial charge in [-0.15, -0.1) is 0 Å². The maximum absolute atomic E-state index is 11.9. The lowest BCUT2D eigenvalue weighted by molar-refractivity contribution is -0.137. The zero-order valence-electron chi connectivity index (χ0n) is 19.1. The van der Waals surface area contributed by atoms with E-state index >= 15 is 0 Å². The van der Waals surface area contributed by atoms with E-state index in [4.69, 9.17) is 0 Å². The SMILES string of the molecule is O=C(O)CC[C@H]1CC=C2C(C1)C(C(O)C1(C3CCCCC3)CC1)CN2C1=CCCCC1. The number of aliphatic hydroxyl groups is 1. The molecule has 1 saturated heterocycles. The number of carboxylic acids is 1. The fourth-order valence-electron chi connectivity index (χ4n) is 7.59. The van der Waals surface area contributed by atoms with Gasteiger partial charge in [-0.1, -0.05) is 31.4 Å². The number of allylic oxidation sites excluding steroid dienone is 4. The molecule has 4 aliphatic carbocycles. The third kappa shape index (κ3) is 4.21. The third-order valence-electron chi connectivity index (χ3n) is 9.47. The Morgan fingerprint density at radius 3 is 2.61 bits per heavy atom. The van der Waals surface area contributed by atoms with Crippen LogP contribution in [0.5, 0.6) is 0 Å². The van der Waals surface area contributed by atoms with E-state index in [1.165, 1.54) is 82.0 Å². The van der Waals surface area contributed by atoms with Gasteiger partial charge in [0, 0.05) is 36.2 Å². The van der Waals surface area contributed by atoms with E-state index in [9.17, 15) is 15.0 Å². The molecular weight excluding hydrogens is 386 g/mol. The number of aliphatic carboxylic acids is 1. The summed E-state index contributed by atoms with van der Waals surface area (Å²) in [7, 11) is 0. The summed E-state index contributed by atoms with van der Waals surface area (Å²) in [5.41, 5.74) is 3.13. The zero-order valence-corrected chi connectivity index (χ0v) is 19.1. The van der Waals surface area contributed by atoms with Crippen molar-refractivity contribution in [2.24, 2.45) is 29.1 Å². The quantitative estimate of drug-likeness (QED) is 0.533. The normalized spacial score (nSPS) is 34.0. The molecule has 0 aromatic rings. The maximum Gasteiger partial charge on any atom is 0.303 e. The van der Waals surface area contributed by atoms with Crippen molar-refractivity contribution in [3.63, 3.8) is 0 Å². The molecule has 0 bridgehead atoms. The van der Waals surface area contributed by atoms with Crippen LogP contribution in [0.1, 0.15) is 96.3 Å². The Morgan fingerprint density at radius 1 is 1.13 bits per heavy atom. The van der Waals surface area contributed by atoms with E-state index in [1.54, 1.807) is 0 Å². The van der Waals surface area contributed by atoms with Crippen molar-refractivity contribution in [2.75, 3.05) is 6.54 Å². The first-order valence-electron chi connectivity index (χ1n) is 13.1. The predicted molar refractivity (Wildman–Crippen MR) is 122 cm³/mol. The van der Waals surface area contributed by atoms with E-state index in [2.05, 4.69) is 17.1 Å². The molecular formula is C27H41NO3. The number of aliphatic hydroxyl groups excluding tert-OH is 1. The summed E-state index contributed by atoms with van der Waals surface area (Å²) in [6, 6.07) is 0. The highest BCUT2D eigenvalue weighted by Crippen LogP contribution is 2.62. The number of likely N-dealkylation sites (tertiary alicyclic amines) is 1. The Labute approximate surface area is 187 Å². The minimum absolute atomic E-state index is 0.182. The molecule has 0 amide bonds. The molecule has 4 atom stereocenters. The van der Waals surface area contributed by atoms with Gasteiger partial charge in [0.2, 0.25) is 0 Å². The van der Waals surface area contributed by atoms with Crippen molar-refractivity contribution in [1.82, 2.24) is 4.90 Å². The van der Waals surface area contributed by atoms with Crippen molar-refractivity contribution in [3.05, 3.63) is 23.5 Å². The average molecular weight is 428 g/mol. The monoisotopic (exact) mass is 427 g/mol. The summed E-state index contributed by atoms with van der Waals surface area (Å²) in [5, 5.41) is 21.1. The molecule has 172 valence electrons. The van der Waals surface area contributed by atoms with Crippen LogP contribution in [0.25, 0.3) is 0 Å².